The number of amides is 1. The van der Waals surface area contributed by atoms with Gasteiger partial charge in [-0.25, -0.2) is 9.50 Å². The van der Waals surface area contributed by atoms with E-state index in [9.17, 15) is 4.79 Å². The fourth-order valence-corrected chi connectivity index (χ4v) is 1.99. The molecule has 2 heterocycles. The molecule has 21 heavy (non-hydrogen) atoms. The predicted octanol–water partition coefficient (Wildman–Crippen LogP) is 2.06. The van der Waals surface area contributed by atoms with Crippen molar-refractivity contribution in [2.24, 2.45) is 0 Å². The number of fused-ring (bicyclic) bond motifs is 1. The molecule has 0 atom stereocenters. The number of anilines is 1. The lowest BCUT2D eigenvalue weighted by Gasteiger charge is -2.09. The van der Waals surface area contributed by atoms with Gasteiger partial charge in [-0.05, 0) is 30.7 Å². The molecule has 1 N–H and O–H groups in total. The second-order valence-electron chi connectivity index (χ2n) is 4.55. The summed E-state index contributed by atoms with van der Waals surface area (Å²) in [7, 11) is 0. The largest absolute Gasteiger partial charge is 0.483 e. The molecule has 0 radical (unpaired) electrons. The van der Waals surface area contributed by atoms with E-state index in [-0.39, 0.29) is 12.5 Å². The van der Waals surface area contributed by atoms with E-state index in [1.807, 2.05) is 31.2 Å². The van der Waals surface area contributed by atoms with Crippen molar-refractivity contribution in [2.75, 3.05) is 11.9 Å². The summed E-state index contributed by atoms with van der Waals surface area (Å²) in [5.41, 5.74) is 2.19. The van der Waals surface area contributed by atoms with Crippen LogP contribution in [0.3, 0.4) is 0 Å². The van der Waals surface area contributed by atoms with Gasteiger partial charge in [-0.3, -0.25) is 4.79 Å². The van der Waals surface area contributed by atoms with Crippen molar-refractivity contribution in [3.63, 3.8) is 0 Å². The van der Waals surface area contributed by atoms with Gasteiger partial charge >= 0.3 is 0 Å². The average Bonchev–Trinajstić information content (AvgIpc) is 2.96. The van der Waals surface area contributed by atoms with Crippen molar-refractivity contribution < 1.29 is 9.53 Å². The molecule has 1 aromatic carbocycles. The normalized spacial score (nSPS) is 10.5. The summed E-state index contributed by atoms with van der Waals surface area (Å²) in [6.45, 7) is 1.88. The lowest BCUT2D eigenvalue weighted by molar-refractivity contribution is -0.118. The summed E-state index contributed by atoms with van der Waals surface area (Å²) < 4.78 is 7.10. The fraction of sp³-hybridized carbons (Fsp3) is 0.133. The van der Waals surface area contributed by atoms with Gasteiger partial charge in [0.1, 0.15) is 12.1 Å². The van der Waals surface area contributed by atoms with Crippen molar-refractivity contribution in [3.05, 3.63) is 54.5 Å². The number of carbonyl (C=O) groups excluding carboxylic acids is 1. The standard InChI is InChI=1S/C15H14N4O2/c1-11-5-2-3-7-13(11)21-9-14(20)18-12-6-4-8-19-15(12)16-10-17-19/h2-8,10H,9H2,1H3,(H,18,20). The zero-order valence-electron chi connectivity index (χ0n) is 11.5. The summed E-state index contributed by atoms with van der Waals surface area (Å²) >= 11 is 0. The second kappa shape index (κ2) is 5.62. The van der Waals surface area contributed by atoms with E-state index in [4.69, 9.17) is 4.74 Å². The number of aryl methyl sites for hydroxylation is 1. The first-order chi connectivity index (χ1) is 10.2. The van der Waals surface area contributed by atoms with Gasteiger partial charge < -0.3 is 10.1 Å². The Morgan fingerprint density at radius 2 is 2.14 bits per heavy atom. The zero-order chi connectivity index (χ0) is 14.7. The highest BCUT2D eigenvalue weighted by Gasteiger charge is 2.08. The van der Waals surface area contributed by atoms with Gasteiger partial charge in [-0.2, -0.15) is 5.10 Å². The Bertz CT molecular complexity index is 782. The molecule has 2 aromatic heterocycles. The van der Waals surface area contributed by atoms with Crippen molar-refractivity contribution in [1.29, 1.82) is 0 Å². The molecule has 3 rings (SSSR count). The van der Waals surface area contributed by atoms with Gasteiger partial charge in [0.05, 0.1) is 5.69 Å². The second-order valence-corrected chi connectivity index (χ2v) is 4.55. The number of rotatable bonds is 4. The number of nitrogens with one attached hydrogen (secondary N) is 1. The molecule has 0 unspecified atom stereocenters. The van der Waals surface area contributed by atoms with Crippen LogP contribution >= 0.6 is 0 Å². The maximum absolute atomic E-state index is 12.0. The maximum atomic E-state index is 12.0. The highest BCUT2D eigenvalue weighted by Crippen LogP contribution is 2.16. The molecule has 6 heteroatoms. The topological polar surface area (TPSA) is 68.5 Å². The van der Waals surface area contributed by atoms with E-state index >= 15 is 0 Å². The number of para-hydroxylation sites is 1. The van der Waals surface area contributed by atoms with Crippen molar-refractivity contribution in [2.45, 2.75) is 6.92 Å². The minimum absolute atomic E-state index is 0.0555. The van der Waals surface area contributed by atoms with Crippen LogP contribution in [-0.2, 0) is 4.79 Å². The summed E-state index contributed by atoms with van der Waals surface area (Å²) in [6, 6.07) is 11.1. The predicted molar refractivity (Wildman–Crippen MR) is 78.3 cm³/mol. The van der Waals surface area contributed by atoms with Crippen LogP contribution < -0.4 is 10.1 Å². The van der Waals surface area contributed by atoms with Gasteiger partial charge in [0.2, 0.25) is 0 Å². The Morgan fingerprint density at radius 3 is 3.00 bits per heavy atom. The molecule has 106 valence electrons. The molecule has 0 fully saturated rings. The number of nitrogens with zero attached hydrogens (tertiary/aromatic N) is 3. The highest BCUT2D eigenvalue weighted by molar-refractivity contribution is 5.95. The third kappa shape index (κ3) is 2.84. The molecule has 0 spiro atoms. The first kappa shape index (κ1) is 13.1. The Hall–Kier alpha value is -2.89. The smallest absolute Gasteiger partial charge is 0.262 e. The summed E-state index contributed by atoms with van der Waals surface area (Å²) in [6.07, 6.45) is 3.20. The van der Waals surface area contributed by atoms with Crippen LogP contribution in [-0.4, -0.2) is 27.1 Å². The summed E-state index contributed by atoms with van der Waals surface area (Å²) in [5, 5.41) is 6.79. The van der Waals surface area contributed by atoms with Crippen LogP contribution in [0.2, 0.25) is 0 Å². The maximum Gasteiger partial charge on any atom is 0.262 e. The van der Waals surface area contributed by atoms with Crippen LogP contribution in [0.5, 0.6) is 5.75 Å². The molecule has 3 aromatic rings. The summed E-state index contributed by atoms with van der Waals surface area (Å²) in [5.74, 6) is 0.461. The van der Waals surface area contributed by atoms with Gasteiger partial charge in [0, 0.05) is 6.20 Å². The van der Waals surface area contributed by atoms with E-state index in [2.05, 4.69) is 15.4 Å². The first-order valence-electron chi connectivity index (χ1n) is 6.50. The number of aromatic nitrogens is 3. The van der Waals surface area contributed by atoms with Crippen molar-refractivity contribution in [1.82, 2.24) is 14.6 Å². The number of pyridine rings is 1. The van der Waals surface area contributed by atoms with Gasteiger partial charge in [0.25, 0.3) is 5.91 Å². The molecule has 0 aliphatic rings. The van der Waals surface area contributed by atoms with E-state index in [0.29, 0.717) is 17.1 Å². The van der Waals surface area contributed by atoms with E-state index in [1.165, 1.54) is 6.33 Å². The Morgan fingerprint density at radius 1 is 1.29 bits per heavy atom. The van der Waals surface area contributed by atoms with E-state index in [1.54, 1.807) is 22.8 Å². The molecular formula is C15H14N4O2. The number of benzene rings is 1. The first-order valence-corrected chi connectivity index (χ1v) is 6.50. The molecule has 0 aliphatic heterocycles. The van der Waals surface area contributed by atoms with Crippen LogP contribution in [0, 0.1) is 6.92 Å². The highest BCUT2D eigenvalue weighted by atomic mass is 16.5. The molecule has 6 nitrogen and oxygen atoms in total. The number of ether oxygens (including phenoxy) is 1. The van der Waals surface area contributed by atoms with Gasteiger partial charge in [-0.15, -0.1) is 0 Å². The number of hydrogen-bond donors (Lipinski definition) is 1. The molecule has 1 amide bonds. The zero-order valence-corrected chi connectivity index (χ0v) is 11.5. The van der Waals surface area contributed by atoms with Crippen molar-refractivity contribution in [3.8, 4) is 5.75 Å². The lowest BCUT2D eigenvalue weighted by Crippen LogP contribution is -2.20. The van der Waals surface area contributed by atoms with E-state index < -0.39 is 0 Å². The Balaban J connectivity index is 1.67. The molecular weight excluding hydrogens is 268 g/mol. The third-order valence-electron chi connectivity index (χ3n) is 3.03. The Kier molecular flexibility index (Phi) is 3.51. The van der Waals surface area contributed by atoms with Gasteiger partial charge in [-0.1, -0.05) is 18.2 Å². The third-order valence-corrected chi connectivity index (χ3v) is 3.03. The van der Waals surface area contributed by atoms with Crippen LogP contribution in [0.4, 0.5) is 5.69 Å². The quantitative estimate of drug-likeness (QED) is 0.795. The molecule has 0 bridgehead atoms. The summed E-state index contributed by atoms with van der Waals surface area (Å²) in [4.78, 5) is 16.1. The average molecular weight is 282 g/mol. The van der Waals surface area contributed by atoms with Crippen LogP contribution in [0.15, 0.2) is 48.9 Å². The van der Waals surface area contributed by atoms with Crippen LogP contribution in [0.25, 0.3) is 5.65 Å². The number of hydrogen-bond acceptors (Lipinski definition) is 4. The van der Waals surface area contributed by atoms with Gasteiger partial charge in [0.15, 0.2) is 12.3 Å². The SMILES string of the molecule is Cc1ccccc1OCC(=O)Nc1cccn2ncnc12. The Labute approximate surface area is 121 Å². The van der Waals surface area contributed by atoms with E-state index in [0.717, 1.165) is 5.56 Å². The molecule has 0 aliphatic carbocycles. The van der Waals surface area contributed by atoms with Crippen LogP contribution in [0.1, 0.15) is 5.56 Å². The molecule has 0 saturated heterocycles. The number of carbonyl (C=O) groups is 1. The minimum atomic E-state index is -0.241. The monoisotopic (exact) mass is 282 g/mol. The fourth-order valence-electron chi connectivity index (χ4n) is 1.99. The molecule has 0 saturated carbocycles. The minimum Gasteiger partial charge on any atom is -0.483 e. The van der Waals surface area contributed by atoms with Crippen molar-refractivity contribution >= 4 is 17.2 Å². The lowest BCUT2D eigenvalue weighted by atomic mass is 10.2.